The molecule has 0 unspecified atom stereocenters. The van der Waals surface area contributed by atoms with E-state index >= 15 is 0 Å². The summed E-state index contributed by atoms with van der Waals surface area (Å²) >= 11 is 3.58. The van der Waals surface area contributed by atoms with Crippen LogP contribution in [0.25, 0.3) is 0 Å². The molecule has 27 heavy (non-hydrogen) atoms. The highest BCUT2D eigenvalue weighted by molar-refractivity contribution is 9.10. The second-order valence-corrected chi connectivity index (χ2v) is 9.30. The summed E-state index contributed by atoms with van der Waals surface area (Å²) < 4.78 is 15.7. The molecule has 1 nitrogen and oxygen atoms in total. The molecule has 0 fully saturated rings. The number of nitrogens with zero attached hydrogens (tertiary/aromatic N) is 1. The van der Waals surface area contributed by atoms with Crippen LogP contribution in [-0.2, 0) is 0 Å². The van der Waals surface area contributed by atoms with Gasteiger partial charge in [0.1, 0.15) is 5.82 Å². The minimum atomic E-state index is -0.0780. The third-order valence-electron chi connectivity index (χ3n) is 7.03. The topological polar surface area (TPSA) is 3.24 Å². The van der Waals surface area contributed by atoms with Gasteiger partial charge in [-0.15, -0.1) is 0 Å². The molecule has 2 aromatic carbocycles. The maximum absolute atomic E-state index is 14.6. The van der Waals surface area contributed by atoms with Crippen molar-refractivity contribution >= 4 is 21.6 Å². The number of hydrogen-bond acceptors (Lipinski definition) is 1. The average Bonchev–Trinajstić information content (AvgIpc) is 3.32. The number of hydrogen-bond donors (Lipinski definition) is 0. The van der Waals surface area contributed by atoms with Gasteiger partial charge in [0.15, 0.2) is 0 Å². The third-order valence-corrected chi connectivity index (χ3v) is 7.55. The first-order chi connectivity index (χ1) is 13.2. The van der Waals surface area contributed by atoms with Gasteiger partial charge in [-0.25, -0.2) is 4.39 Å². The zero-order valence-electron chi connectivity index (χ0n) is 15.0. The van der Waals surface area contributed by atoms with E-state index in [1.165, 1.54) is 22.4 Å². The Kier molecular flexibility index (Phi) is 3.47. The van der Waals surface area contributed by atoms with Gasteiger partial charge < -0.3 is 4.90 Å². The maximum Gasteiger partial charge on any atom is 0.123 e. The third kappa shape index (κ3) is 2.27. The molecule has 2 aliphatic carbocycles. The van der Waals surface area contributed by atoms with E-state index in [4.69, 9.17) is 0 Å². The summed E-state index contributed by atoms with van der Waals surface area (Å²) in [7, 11) is 0. The summed E-state index contributed by atoms with van der Waals surface area (Å²) in [5.74, 6) is 1.67. The van der Waals surface area contributed by atoms with E-state index in [0.29, 0.717) is 29.7 Å². The lowest BCUT2D eigenvalue weighted by atomic mass is 9.70. The Morgan fingerprint density at radius 2 is 1.63 bits per heavy atom. The second kappa shape index (κ2) is 5.81. The van der Waals surface area contributed by atoms with Crippen LogP contribution in [0.1, 0.15) is 47.4 Å². The van der Waals surface area contributed by atoms with Crippen molar-refractivity contribution in [2.45, 2.75) is 30.7 Å². The van der Waals surface area contributed by atoms with Gasteiger partial charge in [-0.2, -0.15) is 0 Å². The number of anilines is 1. The van der Waals surface area contributed by atoms with Crippen LogP contribution in [0.15, 0.2) is 65.2 Å². The van der Waals surface area contributed by atoms with Crippen molar-refractivity contribution in [2.75, 3.05) is 11.4 Å². The molecule has 5 atom stereocenters. The molecular weight excluding hydrogens is 401 g/mol. The summed E-state index contributed by atoms with van der Waals surface area (Å²) in [6, 6.07) is 12.8. The Balaban J connectivity index is 1.59. The summed E-state index contributed by atoms with van der Waals surface area (Å²) in [6.07, 6.45) is 11.4. The zero-order chi connectivity index (χ0) is 18.1. The maximum atomic E-state index is 14.6. The van der Waals surface area contributed by atoms with Gasteiger partial charge in [0, 0.05) is 28.5 Å². The molecule has 0 amide bonds. The van der Waals surface area contributed by atoms with Gasteiger partial charge in [0.05, 0.1) is 6.04 Å². The van der Waals surface area contributed by atoms with E-state index in [-0.39, 0.29) is 5.82 Å². The first-order valence-corrected chi connectivity index (χ1v) is 10.7. The Morgan fingerprint density at radius 3 is 2.44 bits per heavy atom. The summed E-state index contributed by atoms with van der Waals surface area (Å²) in [6.45, 7) is 1.06. The van der Waals surface area contributed by atoms with Crippen molar-refractivity contribution in [1.29, 1.82) is 0 Å². The summed E-state index contributed by atoms with van der Waals surface area (Å²) in [4.78, 5) is 2.62. The number of benzene rings is 2. The Morgan fingerprint density at radius 1 is 0.926 bits per heavy atom. The molecule has 0 saturated carbocycles. The Hall–Kier alpha value is -1.87. The quantitative estimate of drug-likeness (QED) is 0.476. The van der Waals surface area contributed by atoms with Crippen molar-refractivity contribution < 1.29 is 4.39 Å². The summed E-state index contributed by atoms with van der Waals surface area (Å²) in [5.41, 5.74) is 5.10. The van der Waals surface area contributed by atoms with Crippen molar-refractivity contribution in [3.63, 3.8) is 0 Å². The minimum absolute atomic E-state index is 0.0780. The van der Waals surface area contributed by atoms with Crippen LogP contribution in [-0.4, -0.2) is 6.54 Å². The Labute approximate surface area is 167 Å². The molecule has 0 aromatic heterocycles. The molecule has 2 aliphatic heterocycles. The number of halogens is 2. The minimum Gasteiger partial charge on any atom is -0.363 e. The van der Waals surface area contributed by atoms with E-state index in [1.807, 2.05) is 0 Å². The predicted molar refractivity (Wildman–Crippen MR) is 111 cm³/mol. The van der Waals surface area contributed by atoms with Gasteiger partial charge in [0.25, 0.3) is 0 Å². The fourth-order valence-corrected chi connectivity index (χ4v) is 6.24. The van der Waals surface area contributed by atoms with E-state index in [1.54, 1.807) is 12.1 Å². The lowest BCUT2D eigenvalue weighted by Crippen LogP contribution is -2.46. The highest BCUT2D eigenvalue weighted by Gasteiger charge is 2.47. The number of allylic oxidation sites excluding steroid dienone is 4. The molecule has 0 radical (unpaired) electrons. The van der Waals surface area contributed by atoms with Gasteiger partial charge >= 0.3 is 0 Å². The van der Waals surface area contributed by atoms with Crippen LogP contribution in [0.4, 0.5) is 10.1 Å². The van der Waals surface area contributed by atoms with Gasteiger partial charge in [-0.1, -0.05) is 52.4 Å². The molecule has 2 heterocycles. The zero-order valence-corrected chi connectivity index (χ0v) is 16.6. The standard InChI is InChI=1S/C24H21BrFN/c25-16-9-7-14(8-10-16)23-20-6-2-5-19(20)22-12-17(26)11-21-18-4-1-3-15(18)13-27(23)24(21)22/h1-2,4-5,7-12,15,18-20,23H,3,6,13H2/t15-,18-,19+,20-,23-/m0/s1. The Bertz CT molecular complexity index is 959. The van der Waals surface area contributed by atoms with Crippen molar-refractivity contribution in [3.05, 3.63) is 87.7 Å². The van der Waals surface area contributed by atoms with Gasteiger partial charge in [-0.3, -0.25) is 0 Å². The van der Waals surface area contributed by atoms with Crippen molar-refractivity contribution in [2.24, 2.45) is 11.8 Å². The van der Waals surface area contributed by atoms with E-state index in [9.17, 15) is 4.39 Å². The predicted octanol–water partition coefficient (Wildman–Crippen LogP) is 6.48. The molecule has 3 heteroatoms. The second-order valence-electron chi connectivity index (χ2n) is 8.38. The molecule has 6 rings (SSSR count). The first-order valence-electron chi connectivity index (χ1n) is 9.89. The van der Waals surface area contributed by atoms with Gasteiger partial charge in [0.2, 0.25) is 0 Å². The largest absolute Gasteiger partial charge is 0.363 e. The lowest BCUT2D eigenvalue weighted by molar-refractivity contribution is 0.333. The highest BCUT2D eigenvalue weighted by Crippen LogP contribution is 2.58. The average molecular weight is 422 g/mol. The summed E-state index contributed by atoms with van der Waals surface area (Å²) in [5, 5.41) is 0. The SMILES string of the molecule is Fc1cc2c3c(c1)[C@@H]1C=CC[C@@H]1[C@H](c1ccc(Br)cc1)N3C[C@@H]1CC=C[C@H]21. The number of rotatable bonds is 1. The molecule has 4 aliphatic rings. The normalized spacial score (nSPS) is 32.4. The molecule has 136 valence electrons. The van der Waals surface area contributed by atoms with Crippen LogP contribution < -0.4 is 4.90 Å². The molecule has 0 bridgehead atoms. The lowest BCUT2D eigenvalue weighted by Gasteiger charge is -2.51. The first kappa shape index (κ1) is 16.1. The number of fused-ring (bicyclic) bond motifs is 4. The van der Waals surface area contributed by atoms with E-state index in [0.717, 1.165) is 23.9 Å². The highest BCUT2D eigenvalue weighted by atomic mass is 79.9. The fraction of sp³-hybridized carbons (Fsp3) is 0.333. The van der Waals surface area contributed by atoms with Crippen LogP contribution >= 0.6 is 15.9 Å². The molecule has 0 saturated heterocycles. The monoisotopic (exact) mass is 421 g/mol. The van der Waals surface area contributed by atoms with Gasteiger partial charge in [-0.05, 0) is 65.6 Å². The molecular formula is C24H21BrFN. The van der Waals surface area contributed by atoms with Crippen LogP contribution in [0.3, 0.4) is 0 Å². The molecule has 2 aromatic rings. The van der Waals surface area contributed by atoms with Crippen LogP contribution in [0.2, 0.25) is 0 Å². The van der Waals surface area contributed by atoms with Crippen molar-refractivity contribution in [1.82, 2.24) is 0 Å². The fourth-order valence-electron chi connectivity index (χ4n) is 5.98. The van der Waals surface area contributed by atoms with Crippen LogP contribution in [0.5, 0.6) is 0 Å². The van der Waals surface area contributed by atoms with E-state index < -0.39 is 0 Å². The molecule has 0 N–H and O–H groups in total. The molecule has 0 spiro atoms. The van der Waals surface area contributed by atoms with Crippen LogP contribution in [0, 0.1) is 17.7 Å². The van der Waals surface area contributed by atoms with E-state index in [2.05, 4.69) is 69.4 Å². The smallest absolute Gasteiger partial charge is 0.123 e. The van der Waals surface area contributed by atoms with Crippen molar-refractivity contribution in [3.8, 4) is 0 Å².